The highest BCUT2D eigenvalue weighted by molar-refractivity contribution is 6.06. The minimum Gasteiger partial charge on any atom is -0.493 e. The van der Waals surface area contributed by atoms with Crippen molar-refractivity contribution in [3.8, 4) is 23.0 Å². The average molecular weight is 462 g/mol. The van der Waals surface area contributed by atoms with Crippen molar-refractivity contribution in [3.63, 3.8) is 0 Å². The number of nitrogens with one attached hydrogen (secondary N) is 1. The van der Waals surface area contributed by atoms with Gasteiger partial charge in [-0.2, -0.15) is 0 Å². The molecule has 33 heavy (non-hydrogen) atoms. The highest BCUT2D eigenvalue weighted by Crippen LogP contribution is 2.45. The number of amides is 1. The van der Waals surface area contributed by atoms with Crippen molar-refractivity contribution in [1.29, 1.82) is 0 Å². The molecule has 1 N–H and O–H groups in total. The van der Waals surface area contributed by atoms with Crippen molar-refractivity contribution in [3.05, 3.63) is 71.8 Å². The van der Waals surface area contributed by atoms with E-state index in [2.05, 4.69) is 15.0 Å². The second kappa shape index (κ2) is 8.97. The third-order valence-electron chi connectivity index (χ3n) is 4.89. The number of carbonyl (C=O) groups is 1. The Morgan fingerprint density at radius 3 is 2.39 bits per heavy atom. The molecule has 0 unspecified atom stereocenters. The fourth-order valence-corrected chi connectivity index (χ4v) is 3.22. The summed E-state index contributed by atoms with van der Waals surface area (Å²) in [6.45, 7) is 0. The van der Waals surface area contributed by atoms with Crippen molar-refractivity contribution in [1.82, 2.24) is 4.98 Å². The molecule has 0 aliphatic heterocycles. The molecule has 0 bridgehead atoms. The number of benzene rings is 2. The molecule has 1 aromatic heterocycles. The maximum absolute atomic E-state index is 14.7. The Morgan fingerprint density at radius 1 is 1.03 bits per heavy atom. The van der Waals surface area contributed by atoms with Crippen LogP contribution in [0.3, 0.4) is 0 Å². The van der Waals surface area contributed by atoms with E-state index in [1.807, 2.05) is 0 Å². The van der Waals surface area contributed by atoms with Gasteiger partial charge in [0.15, 0.2) is 11.5 Å². The first-order chi connectivity index (χ1) is 15.7. The molecule has 2 aromatic carbocycles. The number of hydrogen-bond donors (Lipinski definition) is 1. The van der Waals surface area contributed by atoms with Crippen LogP contribution < -0.4 is 19.5 Å². The molecule has 172 valence electrons. The zero-order valence-corrected chi connectivity index (χ0v) is 17.3. The predicted octanol–water partition coefficient (Wildman–Crippen LogP) is 6.05. The van der Waals surface area contributed by atoms with Crippen LogP contribution in [0.4, 0.5) is 23.2 Å². The third kappa shape index (κ3) is 5.51. The van der Waals surface area contributed by atoms with Gasteiger partial charge in [-0.1, -0.05) is 0 Å². The molecule has 0 spiro atoms. The zero-order valence-electron chi connectivity index (χ0n) is 17.3. The number of halogens is 4. The summed E-state index contributed by atoms with van der Waals surface area (Å²) in [6, 6.07) is 8.93. The minimum atomic E-state index is -4.87. The van der Waals surface area contributed by atoms with E-state index in [0.29, 0.717) is 11.3 Å². The van der Waals surface area contributed by atoms with E-state index in [1.54, 1.807) is 12.1 Å². The van der Waals surface area contributed by atoms with Crippen LogP contribution in [-0.4, -0.2) is 24.4 Å². The van der Waals surface area contributed by atoms with Gasteiger partial charge in [0.05, 0.1) is 12.7 Å². The first-order valence-corrected chi connectivity index (χ1v) is 9.90. The Hall–Kier alpha value is -3.82. The standard InChI is InChI=1S/C23H18F4N2O4/c1-31-21-10-15(33-23(25,26)27)4-5-19(21)32-20-12-16(13-2-3-13)18(24)11-17(20)22(30)29-14-6-8-28-9-7-14/h4-13H,2-3H2,1H3,(H,28,29,30). The Morgan fingerprint density at radius 2 is 1.76 bits per heavy atom. The molecule has 1 amide bonds. The molecule has 6 nitrogen and oxygen atoms in total. The number of methoxy groups -OCH3 is 1. The van der Waals surface area contributed by atoms with Gasteiger partial charge in [0, 0.05) is 24.1 Å². The second-order valence-electron chi connectivity index (χ2n) is 7.30. The van der Waals surface area contributed by atoms with Gasteiger partial charge >= 0.3 is 6.36 Å². The second-order valence-corrected chi connectivity index (χ2v) is 7.30. The van der Waals surface area contributed by atoms with Gasteiger partial charge in [-0.05, 0) is 60.7 Å². The number of ether oxygens (including phenoxy) is 3. The maximum Gasteiger partial charge on any atom is 0.573 e. The molecular formula is C23H18F4N2O4. The largest absolute Gasteiger partial charge is 0.573 e. The van der Waals surface area contributed by atoms with Crippen LogP contribution in [-0.2, 0) is 0 Å². The summed E-state index contributed by atoms with van der Waals surface area (Å²) in [5.74, 6) is -1.64. The average Bonchev–Trinajstić information content (AvgIpc) is 3.60. The lowest BCUT2D eigenvalue weighted by molar-refractivity contribution is -0.274. The fraction of sp³-hybridized carbons (Fsp3) is 0.217. The SMILES string of the molecule is COc1cc(OC(F)(F)F)ccc1Oc1cc(C2CC2)c(F)cc1C(=O)Nc1ccncc1. The summed E-state index contributed by atoms with van der Waals surface area (Å²) in [4.78, 5) is 16.8. The summed E-state index contributed by atoms with van der Waals surface area (Å²) >= 11 is 0. The molecule has 10 heteroatoms. The molecule has 1 aliphatic rings. The zero-order chi connectivity index (χ0) is 23.6. The lowest BCUT2D eigenvalue weighted by Gasteiger charge is -2.17. The van der Waals surface area contributed by atoms with Crippen molar-refractivity contribution in [2.75, 3.05) is 12.4 Å². The summed E-state index contributed by atoms with van der Waals surface area (Å²) < 4.78 is 67.2. The minimum absolute atomic E-state index is 0.0223. The van der Waals surface area contributed by atoms with Gasteiger partial charge in [-0.25, -0.2) is 4.39 Å². The van der Waals surface area contributed by atoms with Crippen LogP contribution in [0, 0.1) is 5.82 Å². The number of carbonyl (C=O) groups excluding carboxylic acids is 1. The molecule has 0 radical (unpaired) electrons. The number of anilines is 1. The van der Waals surface area contributed by atoms with Crippen molar-refractivity contribution in [2.45, 2.75) is 25.1 Å². The molecule has 1 aliphatic carbocycles. The Balaban J connectivity index is 1.68. The van der Waals surface area contributed by atoms with Gasteiger partial charge in [0.25, 0.3) is 5.91 Å². The first kappa shape index (κ1) is 22.4. The van der Waals surface area contributed by atoms with Gasteiger partial charge < -0.3 is 19.5 Å². The summed E-state index contributed by atoms with van der Waals surface area (Å²) in [5, 5.41) is 2.64. The molecule has 1 heterocycles. The van der Waals surface area contributed by atoms with E-state index in [-0.39, 0.29) is 28.7 Å². The van der Waals surface area contributed by atoms with Gasteiger partial charge in [0.2, 0.25) is 0 Å². The van der Waals surface area contributed by atoms with Gasteiger partial charge in [-0.15, -0.1) is 13.2 Å². The molecule has 3 aromatic rings. The monoisotopic (exact) mass is 462 g/mol. The third-order valence-corrected chi connectivity index (χ3v) is 4.89. The van der Waals surface area contributed by atoms with Crippen LogP contribution >= 0.6 is 0 Å². The number of nitrogens with zero attached hydrogens (tertiary/aromatic N) is 1. The van der Waals surface area contributed by atoms with Crippen molar-refractivity contribution in [2.24, 2.45) is 0 Å². The Kier molecular flexibility index (Phi) is 6.08. The molecule has 0 saturated heterocycles. The summed E-state index contributed by atoms with van der Waals surface area (Å²) in [6.07, 6.45) is -0.280. The smallest absolute Gasteiger partial charge is 0.493 e. The summed E-state index contributed by atoms with van der Waals surface area (Å²) in [5.41, 5.74) is 0.756. The van der Waals surface area contributed by atoms with E-state index >= 15 is 0 Å². The predicted molar refractivity (Wildman–Crippen MR) is 110 cm³/mol. The maximum atomic E-state index is 14.7. The number of alkyl halides is 3. The molecular weight excluding hydrogens is 444 g/mol. The lowest BCUT2D eigenvalue weighted by atomic mass is 10.0. The highest BCUT2D eigenvalue weighted by Gasteiger charge is 2.32. The van der Waals surface area contributed by atoms with Crippen molar-refractivity contribution < 1.29 is 36.6 Å². The summed E-state index contributed by atoms with van der Waals surface area (Å²) in [7, 11) is 1.25. The van der Waals surface area contributed by atoms with E-state index in [9.17, 15) is 22.4 Å². The van der Waals surface area contributed by atoms with Crippen LogP contribution in [0.1, 0.15) is 34.7 Å². The number of aromatic nitrogens is 1. The van der Waals surface area contributed by atoms with Crippen LogP contribution in [0.5, 0.6) is 23.0 Å². The van der Waals surface area contributed by atoms with Crippen LogP contribution in [0.15, 0.2) is 54.9 Å². The topological polar surface area (TPSA) is 69.7 Å². The molecule has 1 saturated carbocycles. The number of hydrogen-bond acceptors (Lipinski definition) is 5. The molecule has 4 rings (SSSR count). The normalized spacial score (nSPS) is 13.4. The Labute approximate surface area is 186 Å². The van der Waals surface area contributed by atoms with Crippen LogP contribution in [0.25, 0.3) is 0 Å². The van der Waals surface area contributed by atoms with Crippen molar-refractivity contribution >= 4 is 11.6 Å². The highest BCUT2D eigenvalue weighted by atomic mass is 19.4. The molecule has 1 fully saturated rings. The quantitative estimate of drug-likeness (QED) is 0.433. The first-order valence-electron chi connectivity index (χ1n) is 9.90. The van der Waals surface area contributed by atoms with E-state index in [0.717, 1.165) is 31.0 Å². The van der Waals surface area contributed by atoms with E-state index in [1.165, 1.54) is 31.6 Å². The number of rotatable bonds is 7. The fourth-order valence-electron chi connectivity index (χ4n) is 3.22. The van der Waals surface area contributed by atoms with Gasteiger partial charge in [-0.3, -0.25) is 9.78 Å². The van der Waals surface area contributed by atoms with Crippen LogP contribution in [0.2, 0.25) is 0 Å². The Bertz CT molecular complexity index is 1170. The van der Waals surface area contributed by atoms with Gasteiger partial charge in [0.1, 0.15) is 17.3 Å². The van der Waals surface area contributed by atoms with E-state index < -0.39 is 23.8 Å². The lowest BCUT2D eigenvalue weighted by Crippen LogP contribution is -2.17. The number of pyridine rings is 1. The molecule has 0 atom stereocenters. The van der Waals surface area contributed by atoms with E-state index in [4.69, 9.17) is 9.47 Å².